The predicted molar refractivity (Wildman–Crippen MR) is 100.0 cm³/mol. The van der Waals surface area contributed by atoms with Gasteiger partial charge in [-0.05, 0) is 49.7 Å². The highest BCUT2D eigenvalue weighted by atomic mass is 19.1. The maximum atomic E-state index is 14.3. The first-order chi connectivity index (χ1) is 13.4. The smallest absolute Gasteiger partial charge is 0.340 e. The molecular weight excluding hydrogens is 369 g/mol. The number of halogens is 3. The van der Waals surface area contributed by atoms with Crippen LogP contribution < -0.4 is 5.32 Å². The van der Waals surface area contributed by atoms with Crippen LogP contribution in [0.1, 0.15) is 22.8 Å². The van der Waals surface area contributed by atoms with Gasteiger partial charge in [-0.25, -0.2) is 22.9 Å². The number of ether oxygens (including phenoxy) is 1. The summed E-state index contributed by atoms with van der Waals surface area (Å²) in [5.41, 5.74) is 0.770. The van der Waals surface area contributed by atoms with Crippen LogP contribution in [-0.4, -0.2) is 17.6 Å². The fourth-order valence-electron chi connectivity index (χ4n) is 2.71. The van der Waals surface area contributed by atoms with Gasteiger partial charge in [0.05, 0.1) is 23.6 Å². The van der Waals surface area contributed by atoms with Crippen molar-refractivity contribution in [1.82, 2.24) is 4.98 Å². The summed E-state index contributed by atoms with van der Waals surface area (Å²) in [4.78, 5) is 16.5. The van der Waals surface area contributed by atoms with Gasteiger partial charge in [-0.3, -0.25) is 0 Å². The molecule has 0 radical (unpaired) electrons. The zero-order valence-corrected chi connectivity index (χ0v) is 15.2. The van der Waals surface area contributed by atoms with Gasteiger partial charge in [0.25, 0.3) is 0 Å². The van der Waals surface area contributed by atoms with E-state index in [-0.39, 0.29) is 34.9 Å². The number of benzene rings is 2. The first-order valence-corrected chi connectivity index (χ1v) is 8.56. The van der Waals surface area contributed by atoms with Gasteiger partial charge < -0.3 is 10.1 Å². The number of carbonyl (C=O) groups excluding carboxylic acids is 1. The summed E-state index contributed by atoms with van der Waals surface area (Å²) in [6, 6.07) is 10.4. The molecule has 7 heteroatoms. The Morgan fingerprint density at radius 2 is 1.86 bits per heavy atom. The van der Waals surface area contributed by atoms with Crippen LogP contribution in [0.15, 0.2) is 48.5 Å². The van der Waals surface area contributed by atoms with Gasteiger partial charge in [-0.1, -0.05) is 12.1 Å². The van der Waals surface area contributed by atoms with Crippen molar-refractivity contribution in [3.63, 3.8) is 0 Å². The molecule has 0 atom stereocenters. The third kappa shape index (κ3) is 3.98. The van der Waals surface area contributed by atoms with E-state index < -0.39 is 23.4 Å². The maximum Gasteiger partial charge on any atom is 0.340 e. The Kier molecular flexibility index (Phi) is 5.63. The van der Waals surface area contributed by atoms with Gasteiger partial charge in [-0.2, -0.15) is 0 Å². The molecule has 144 valence electrons. The molecule has 4 nitrogen and oxygen atoms in total. The van der Waals surface area contributed by atoms with E-state index in [1.807, 2.05) is 0 Å². The third-order valence-corrected chi connectivity index (χ3v) is 4.05. The number of esters is 1. The van der Waals surface area contributed by atoms with Gasteiger partial charge in [-0.15, -0.1) is 0 Å². The van der Waals surface area contributed by atoms with Crippen molar-refractivity contribution in [1.29, 1.82) is 0 Å². The van der Waals surface area contributed by atoms with E-state index in [2.05, 4.69) is 10.3 Å². The van der Waals surface area contributed by atoms with Crippen LogP contribution in [0.25, 0.3) is 11.3 Å². The fraction of sp³-hybridized carbons (Fsp3) is 0.143. The number of pyridine rings is 1. The lowest BCUT2D eigenvalue weighted by Gasteiger charge is -2.14. The number of hydrogen-bond donors (Lipinski definition) is 1. The number of anilines is 2. The van der Waals surface area contributed by atoms with E-state index in [0.717, 1.165) is 6.07 Å². The van der Waals surface area contributed by atoms with E-state index >= 15 is 0 Å². The lowest BCUT2D eigenvalue weighted by atomic mass is 10.0. The lowest BCUT2D eigenvalue weighted by molar-refractivity contribution is 0.0527. The van der Waals surface area contributed by atoms with Crippen molar-refractivity contribution < 1.29 is 22.7 Å². The van der Waals surface area contributed by atoms with Crippen LogP contribution in [0.2, 0.25) is 0 Å². The summed E-state index contributed by atoms with van der Waals surface area (Å²) in [7, 11) is 0. The van der Waals surface area contributed by atoms with Crippen LogP contribution in [0.5, 0.6) is 0 Å². The minimum atomic E-state index is -0.878. The number of nitrogens with one attached hydrogen (secondary N) is 1. The Bertz CT molecular complexity index is 1020. The summed E-state index contributed by atoms with van der Waals surface area (Å²) in [5, 5.41) is 2.84. The molecule has 0 saturated carbocycles. The number of aryl methyl sites for hydroxylation is 1. The van der Waals surface area contributed by atoms with Gasteiger partial charge in [0.1, 0.15) is 23.3 Å². The highest BCUT2D eigenvalue weighted by Gasteiger charge is 2.20. The van der Waals surface area contributed by atoms with Gasteiger partial charge in [0, 0.05) is 11.6 Å². The van der Waals surface area contributed by atoms with Crippen molar-refractivity contribution in [2.75, 3.05) is 11.9 Å². The molecule has 0 unspecified atom stereocenters. The minimum Gasteiger partial charge on any atom is -0.462 e. The first-order valence-electron chi connectivity index (χ1n) is 8.56. The normalized spacial score (nSPS) is 10.6. The highest BCUT2D eigenvalue weighted by molar-refractivity contribution is 5.96. The second-order valence-corrected chi connectivity index (χ2v) is 5.99. The van der Waals surface area contributed by atoms with E-state index in [1.165, 1.54) is 24.3 Å². The summed E-state index contributed by atoms with van der Waals surface area (Å²) in [6.07, 6.45) is 0. The van der Waals surface area contributed by atoms with E-state index in [9.17, 15) is 18.0 Å². The molecule has 0 fully saturated rings. The number of carbonyl (C=O) groups is 1. The lowest BCUT2D eigenvalue weighted by Crippen LogP contribution is -2.09. The molecule has 3 aromatic rings. The van der Waals surface area contributed by atoms with Crippen molar-refractivity contribution in [3.05, 3.63) is 77.1 Å². The van der Waals surface area contributed by atoms with Crippen molar-refractivity contribution in [2.24, 2.45) is 0 Å². The Labute approximate surface area is 160 Å². The zero-order valence-electron chi connectivity index (χ0n) is 15.2. The minimum absolute atomic E-state index is 0.0168. The van der Waals surface area contributed by atoms with Crippen molar-refractivity contribution >= 4 is 17.5 Å². The monoisotopic (exact) mass is 386 g/mol. The molecular formula is C21H17F3N2O2. The number of hydrogen-bond acceptors (Lipinski definition) is 4. The molecule has 0 amide bonds. The molecule has 2 aromatic carbocycles. The second kappa shape index (κ2) is 8.12. The Morgan fingerprint density at radius 3 is 2.54 bits per heavy atom. The fourth-order valence-corrected chi connectivity index (χ4v) is 2.71. The molecule has 0 aliphatic carbocycles. The van der Waals surface area contributed by atoms with Crippen LogP contribution in [0, 0.1) is 24.4 Å². The largest absolute Gasteiger partial charge is 0.462 e. The van der Waals surface area contributed by atoms with Crippen LogP contribution >= 0.6 is 0 Å². The summed E-state index contributed by atoms with van der Waals surface area (Å²) in [5.74, 6) is -2.61. The number of para-hydroxylation sites is 1. The molecule has 1 heterocycles. The summed E-state index contributed by atoms with van der Waals surface area (Å²) < 4.78 is 46.7. The van der Waals surface area contributed by atoms with Crippen molar-refractivity contribution in [3.8, 4) is 11.3 Å². The zero-order chi connectivity index (χ0) is 20.3. The molecule has 0 aliphatic heterocycles. The molecule has 3 rings (SSSR count). The first kappa shape index (κ1) is 19.4. The molecule has 1 N–H and O–H groups in total. The van der Waals surface area contributed by atoms with Crippen LogP contribution in [-0.2, 0) is 4.74 Å². The number of aromatic nitrogens is 1. The number of nitrogens with zero attached hydrogens (tertiary/aromatic N) is 1. The quantitative estimate of drug-likeness (QED) is 0.597. The number of rotatable bonds is 5. The average molecular weight is 386 g/mol. The molecule has 0 aliphatic rings. The summed E-state index contributed by atoms with van der Waals surface area (Å²) >= 11 is 0. The molecule has 28 heavy (non-hydrogen) atoms. The highest BCUT2D eigenvalue weighted by Crippen LogP contribution is 2.29. The molecule has 1 aromatic heterocycles. The van der Waals surface area contributed by atoms with Gasteiger partial charge in [0.2, 0.25) is 0 Å². The topological polar surface area (TPSA) is 51.2 Å². The maximum absolute atomic E-state index is 14.3. The Balaban J connectivity index is 2.11. The molecule has 0 saturated heterocycles. The average Bonchev–Trinajstić information content (AvgIpc) is 2.65. The van der Waals surface area contributed by atoms with E-state index in [0.29, 0.717) is 11.6 Å². The van der Waals surface area contributed by atoms with Crippen LogP contribution in [0.4, 0.5) is 24.7 Å². The van der Waals surface area contributed by atoms with Gasteiger partial charge >= 0.3 is 5.97 Å². The van der Waals surface area contributed by atoms with Gasteiger partial charge in [0.15, 0.2) is 0 Å². The summed E-state index contributed by atoms with van der Waals surface area (Å²) in [6.45, 7) is 3.48. The standard InChI is InChI=1S/C21H17F3N2O2/c1-3-28-21(27)15-9-10-18(25-19-12(2)5-4-6-16(19)23)26-20(15)14-8-7-13(22)11-17(14)24/h4-11H,3H2,1-2H3,(H,25,26). The van der Waals surface area contributed by atoms with E-state index in [1.54, 1.807) is 26.0 Å². The van der Waals surface area contributed by atoms with E-state index in [4.69, 9.17) is 4.74 Å². The van der Waals surface area contributed by atoms with Crippen molar-refractivity contribution in [2.45, 2.75) is 13.8 Å². The SMILES string of the molecule is CCOC(=O)c1ccc(Nc2c(C)cccc2F)nc1-c1ccc(F)cc1F. The third-order valence-electron chi connectivity index (χ3n) is 4.05. The predicted octanol–water partition coefficient (Wildman–Crippen LogP) is 5.39. The van der Waals surface area contributed by atoms with Crippen LogP contribution in [0.3, 0.4) is 0 Å². The molecule has 0 bridgehead atoms. The Morgan fingerprint density at radius 1 is 1.07 bits per heavy atom. The second-order valence-electron chi connectivity index (χ2n) is 5.99. The molecule has 0 spiro atoms. The Hall–Kier alpha value is -3.35.